The van der Waals surface area contributed by atoms with Crippen molar-refractivity contribution < 1.29 is 23.8 Å². The predicted octanol–water partition coefficient (Wildman–Crippen LogP) is 6.26. The van der Waals surface area contributed by atoms with E-state index in [1.807, 2.05) is 35.1 Å². The molecule has 0 spiro atoms. The monoisotopic (exact) mass is 598 g/mol. The van der Waals surface area contributed by atoms with Gasteiger partial charge in [-0.1, -0.05) is 41.6 Å². The largest absolute Gasteiger partial charge is 0.497 e. The fourth-order valence-corrected chi connectivity index (χ4v) is 5.59. The van der Waals surface area contributed by atoms with Gasteiger partial charge in [-0.05, 0) is 48.4 Å². The standard InChI is InChI=1S/C28H27ClN4O5S2/c1-5-12-33-23(14-38-20-10-11-22(29)17(2)13-20)31-32-28(33)40-16-24(34)30-26-25(27(35)37-4)21(15-39-26)18-6-8-19(36-3)9-7-18/h5-11,13,15H,1,12,14,16H2,2-4H3,(H,30,34). The first-order valence-electron chi connectivity index (χ1n) is 12.0. The van der Waals surface area contributed by atoms with Crippen LogP contribution in [0, 0.1) is 6.92 Å². The quantitative estimate of drug-likeness (QED) is 0.116. The number of carbonyl (C=O) groups is 2. The number of nitrogens with zero attached hydrogens (tertiary/aromatic N) is 3. The number of methoxy groups -OCH3 is 2. The Balaban J connectivity index is 1.44. The van der Waals surface area contributed by atoms with Gasteiger partial charge < -0.3 is 19.5 Å². The van der Waals surface area contributed by atoms with Gasteiger partial charge in [0.25, 0.3) is 0 Å². The molecule has 0 saturated heterocycles. The summed E-state index contributed by atoms with van der Waals surface area (Å²) in [5, 5.41) is 14.7. The molecule has 0 fully saturated rings. The molecular formula is C28H27ClN4O5S2. The van der Waals surface area contributed by atoms with Crippen LogP contribution in [0.2, 0.25) is 5.02 Å². The lowest BCUT2D eigenvalue weighted by molar-refractivity contribution is -0.113. The summed E-state index contributed by atoms with van der Waals surface area (Å²) in [5.74, 6) is 1.15. The summed E-state index contributed by atoms with van der Waals surface area (Å²) in [4.78, 5) is 25.6. The van der Waals surface area contributed by atoms with E-state index in [2.05, 4.69) is 22.1 Å². The lowest BCUT2D eigenvalue weighted by atomic mass is 10.0. The SMILES string of the molecule is C=CCn1c(COc2ccc(Cl)c(C)c2)nnc1SCC(=O)Nc1scc(-c2ccc(OC)cc2)c1C(=O)OC. The van der Waals surface area contributed by atoms with Crippen LogP contribution < -0.4 is 14.8 Å². The first kappa shape index (κ1) is 29.2. The molecule has 0 aliphatic heterocycles. The van der Waals surface area contributed by atoms with Crippen molar-refractivity contribution in [2.45, 2.75) is 25.2 Å². The number of hydrogen-bond acceptors (Lipinski definition) is 9. The second kappa shape index (κ2) is 13.5. The molecule has 2 aromatic heterocycles. The number of esters is 1. The Morgan fingerprint density at radius 2 is 1.90 bits per heavy atom. The minimum Gasteiger partial charge on any atom is -0.497 e. The van der Waals surface area contributed by atoms with Gasteiger partial charge in [0.2, 0.25) is 5.91 Å². The minimum atomic E-state index is -0.540. The van der Waals surface area contributed by atoms with Crippen LogP contribution in [0.1, 0.15) is 21.7 Å². The molecule has 0 atom stereocenters. The third kappa shape index (κ3) is 6.85. The van der Waals surface area contributed by atoms with E-state index in [9.17, 15) is 9.59 Å². The minimum absolute atomic E-state index is 0.0445. The number of amides is 1. The number of rotatable bonds is 12. The van der Waals surface area contributed by atoms with E-state index in [0.717, 1.165) is 11.1 Å². The molecule has 4 rings (SSSR count). The third-order valence-electron chi connectivity index (χ3n) is 5.77. The zero-order chi connectivity index (χ0) is 28.6. The number of thiophene rings is 1. The molecule has 0 unspecified atom stereocenters. The second-order valence-corrected chi connectivity index (χ2v) is 10.6. The number of nitrogens with one attached hydrogen (secondary N) is 1. The number of thioether (sulfide) groups is 1. The maximum absolute atomic E-state index is 12.9. The number of aromatic nitrogens is 3. The molecule has 1 amide bonds. The van der Waals surface area contributed by atoms with E-state index < -0.39 is 5.97 Å². The van der Waals surface area contributed by atoms with E-state index in [1.54, 1.807) is 37.5 Å². The molecule has 9 nitrogen and oxygen atoms in total. The van der Waals surface area contributed by atoms with Crippen molar-refractivity contribution in [2.24, 2.45) is 0 Å². The fourth-order valence-electron chi connectivity index (χ4n) is 3.73. The van der Waals surface area contributed by atoms with Crippen molar-refractivity contribution in [2.75, 3.05) is 25.3 Å². The Morgan fingerprint density at radius 3 is 2.58 bits per heavy atom. The predicted molar refractivity (Wildman–Crippen MR) is 158 cm³/mol. The first-order chi connectivity index (χ1) is 19.3. The highest BCUT2D eigenvalue weighted by molar-refractivity contribution is 7.99. The number of anilines is 1. The number of ether oxygens (including phenoxy) is 3. The molecule has 2 aromatic carbocycles. The van der Waals surface area contributed by atoms with Crippen LogP contribution in [-0.4, -0.2) is 46.6 Å². The van der Waals surface area contributed by atoms with Gasteiger partial charge in [-0.2, -0.15) is 0 Å². The van der Waals surface area contributed by atoms with Crippen LogP contribution in [-0.2, 0) is 22.7 Å². The average molecular weight is 599 g/mol. The van der Waals surface area contributed by atoms with E-state index in [4.69, 9.17) is 25.8 Å². The van der Waals surface area contributed by atoms with E-state index in [0.29, 0.717) is 50.2 Å². The van der Waals surface area contributed by atoms with Crippen LogP contribution in [0.15, 0.2) is 65.7 Å². The normalized spacial score (nSPS) is 10.7. The molecular weight excluding hydrogens is 572 g/mol. The average Bonchev–Trinajstić information content (AvgIpc) is 3.56. The summed E-state index contributed by atoms with van der Waals surface area (Å²) in [6.45, 7) is 6.34. The Labute approximate surface area is 245 Å². The Hall–Kier alpha value is -3.80. The zero-order valence-corrected chi connectivity index (χ0v) is 24.5. The number of allylic oxidation sites excluding steroid dienone is 1. The van der Waals surface area contributed by atoms with Crippen LogP contribution in [0.4, 0.5) is 5.00 Å². The summed E-state index contributed by atoms with van der Waals surface area (Å²) >= 11 is 8.57. The van der Waals surface area contributed by atoms with Gasteiger partial charge >= 0.3 is 5.97 Å². The molecule has 0 saturated carbocycles. The van der Waals surface area contributed by atoms with Crippen molar-refractivity contribution in [3.63, 3.8) is 0 Å². The topological polar surface area (TPSA) is 105 Å². The molecule has 0 aliphatic carbocycles. The summed E-state index contributed by atoms with van der Waals surface area (Å²) in [7, 11) is 2.89. The second-order valence-electron chi connectivity index (χ2n) is 8.41. The van der Waals surface area contributed by atoms with Gasteiger partial charge in [-0.15, -0.1) is 28.1 Å². The number of benzene rings is 2. The number of hydrogen-bond donors (Lipinski definition) is 1. The Morgan fingerprint density at radius 1 is 1.15 bits per heavy atom. The number of aryl methyl sites for hydroxylation is 1. The van der Waals surface area contributed by atoms with E-state index in [1.165, 1.54) is 30.2 Å². The molecule has 0 aliphatic rings. The summed E-state index contributed by atoms with van der Waals surface area (Å²) in [5.41, 5.74) is 2.66. The van der Waals surface area contributed by atoms with Gasteiger partial charge in [-0.25, -0.2) is 4.79 Å². The third-order valence-corrected chi connectivity index (χ3v) is 8.06. The highest BCUT2D eigenvalue weighted by Gasteiger charge is 2.23. The fraction of sp³-hybridized carbons (Fsp3) is 0.214. The van der Waals surface area contributed by atoms with Gasteiger partial charge in [0.1, 0.15) is 28.7 Å². The van der Waals surface area contributed by atoms with Gasteiger partial charge in [0, 0.05) is 22.5 Å². The van der Waals surface area contributed by atoms with Crippen LogP contribution in [0.5, 0.6) is 11.5 Å². The van der Waals surface area contributed by atoms with Crippen molar-refractivity contribution >= 4 is 51.6 Å². The molecule has 12 heteroatoms. The van der Waals surface area contributed by atoms with E-state index >= 15 is 0 Å². The summed E-state index contributed by atoms with van der Waals surface area (Å²) in [6.07, 6.45) is 1.72. The Kier molecular flexibility index (Phi) is 9.86. The molecule has 2 heterocycles. The van der Waals surface area contributed by atoms with Crippen LogP contribution in [0.25, 0.3) is 11.1 Å². The van der Waals surface area contributed by atoms with Crippen molar-refractivity contribution in [1.29, 1.82) is 0 Å². The van der Waals surface area contributed by atoms with Gasteiger partial charge in [-0.3, -0.25) is 9.36 Å². The maximum Gasteiger partial charge on any atom is 0.341 e. The summed E-state index contributed by atoms with van der Waals surface area (Å²) in [6, 6.07) is 12.7. The van der Waals surface area contributed by atoms with Crippen molar-refractivity contribution in [3.8, 4) is 22.6 Å². The van der Waals surface area contributed by atoms with Crippen LogP contribution in [0.3, 0.4) is 0 Å². The highest BCUT2D eigenvalue weighted by Crippen LogP contribution is 2.37. The molecule has 0 radical (unpaired) electrons. The molecule has 40 heavy (non-hydrogen) atoms. The maximum atomic E-state index is 12.9. The number of halogens is 1. The van der Waals surface area contributed by atoms with Gasteiger partial charge in [0.05, 0.1) is 20.0 Å². The lowest BCUT2D eigenvalue weighted by Crippen LogP contribution is -2.16. The molecule has 0 bridgehead atoms. The molecule has 4 aromatic rings. The molecule has 1 N–H and O–H groups in total. The van der Waals surface area contributed by atoms with Crippen molar-refractivity contribution in [3.05, 3.63) is 82.5 Å². The first-order valence-corrected chi connectivity index (χ1v) is 14.3. The highest BCUT2D eigenvalue weighted by atomic mass is 35.5. The molecule has 208 valence electrons. The number of carbonyl (C=O) groups excluding carboxylic acids is 2. The lowest BCUT2D eigenvalue weighted by Gasteiger charge is -2.10. The Bertz CT molecular complexity index is 1520. The van der Waals surface area contributed by atoms with Gasteiger partial charge in [0.15, 0.2) is 11.0 Å². The van der Waals surface area contributed by atoms with Crippen LogP contribution >= 0.6 is 34.7 Å². The zero-order valence-electron chi connectivity index (χ0n) is 22.1. The summed E-state index contributed by atoms with van der Waals surface area (Å²) < 4.78 is 17.9. The van der Waals surface area contributed by atoms with Crippen molar-refractivity contribution in [1.82, 2.24) is 14.8 Å². The smallest absolute Gasteiger partial charge is 0.341 e. The van der Waals surface area contributed by atoms with E-state index in [-0.39, 0.29) is 18.3 Å².